The number of carbonyl (C=O) groups is 1. The molecule has 0 fully saturated rings. The van der Waals surface area contributed by atoms with Crippen LogP contribution in [0.4, 0.5) is 0 Å². The summed E-state index contributed by atoms with van der Waals surface area (Å²) in [6.07, 6.45) is 5.47. The molecule has 19 heavy (non-hydrogen) atoms. The lowest BCUT2D eigenvalue weighted by molar-refractivity contribution is -0.131. The van der Waals surface area contributed by atoms with Crippen molar-refractivity contribution in [3.05, 3.63) is 52.3 Å². The number of aromatic nitrogens is 2. The number of hydrogen-bond donors (Lipinski definition) is 1. The molecule has 0 atom stereocenters. The van der Waals surface area contributed by atoms with Crippen molar-refractivity contribution in [2.45, 2.75) is 0 Å². The highest BCUT2D eigenvalue weighted by atomic mass is 35.5. The van der Waals surface area contributed by atoms with Gasteiger partial charge >= 0.3 is 5.97 Å². The highest BCUT2D eigenvalue weighted by molar-refractivity contribution is 6.36. The van der Waals surface area contributed by atoms with E-state index in [4.69, 9.17) is 28.3 Å². The van der Waals surface area contributed by atoms with Crippen LogP contribution in [0.15, 0.2) is 36.7 Å². The second-order valence-corrected chi connectivity index (χ2v) is 4.48. The first kappa shape index (κ1) is 13.5. The predicted octanol–water partition coefficient (Wildman–Crippen LogP) is 3.55. The van der Waals surface area contributed by atoms with E-state index in [1.165, 1.54) is 18.5 Å². The monoisotopic (exact) mass is 294 g/mol. The van der Waals surface area contributed by atoms with Crippen molar-refractivity contribution in [1.82, 2.24) is 9.97 Å². The molecular weight excluding hydrogens is 287 g/mol. The Hall–Kier alpha value is -1.91. The fourth-order valence-electron chi connectivity index (χ4n) is 1.40. The van der Waals surface area contributed by atoms with Crippen LogP contribution in [0.25, 0.3) is 17.5 Å². The maximum absolute atomic E-state index is 10.4. The molecule has 0 saturated carbocycles. The van der Waals surface area contributed by atoms with E-state index in [1.807, 2.05) is 0 Å². The van der Waals surface area contributed by atoms with E-state index in [1.54, 1.807) is 18.2 Å². The summed E-state index contributed by atoms with van der Waals surface area (Å²) in [4.78, 5) is 18.6. The van der Waals surface area contributed by atoms with E-state index in [0.717, 1.165) is 6.08 Å². The van der Waals surface area contributed by atoms with Crippen LogP contribution >= 0.6 is 23.2 Å². The Kier molecular flexibility index (Phi) is 4.14. The number of rotatable bonds is 3. The lowest BCUT2D eigenvalue weighted by Crippen LogP contribution is -1.91. The van der Waals surface area contributed by atoms with Gasteiger partial charge < -0.3 is 5.11 Å². The third-order valence-corrected chi connectivity index (χ3v) is 2.81. The van der Waals surface area contributed by atoms with Gasteiger partial charge in [0, 0.05) is 34.6 Å². The highest BCUT2D eigenvalue weighted by Crippen LogP contribution is 2.27. The van der Waals surface area contributed by atoms with Gasteiger partial charge in [0.05, 0.1) is 5.02 Å². The highest BCUT2D eigenvalue weighted by Gasteiger charge is 2.06. The number of halogens is 2. The Labute approximate surface area is 119 Å². The first-order valence-electron chi connectivity index (χ1n) is 5.25. The number of carboxylic acid groups (broad SMARTS) is 1. The van der Waals surface area contributed by atoms with Gasteiger partial charge in [-0.1, -0.05) is 23.2 Å². The average Bonchev–Trinajstić information content (AvgIpc) is 2.37. The first-order chi connectivity index (χ1) is 9.06. The number of benzene rings is 1. The molecule has 1 heterocycles. The van der Waals surface area contributed by atoms with Gasteiger partial charge in [0.2, 0.25) is 0 Å². The van der Waals surface area contributed by atoms with Crippen LogP contribution in [0.1, 0.15) is 5.56 Å². The second-order valence-electron chi connectivity index (χ2n) is 3.64. The van der Waals surface area contributed by atoms with Gasteiger partial charge in [-0.05, 0) is 24.3 Å². The fraction of sp³-hybridized carbons (Fsp3) is 0. The summed E-state index contributed by atoms with van der Waals surface area (Å²) in [5.41, 5.74) is 1.26. The molecule has 0 aliphatic carbocycles. The third kappa shape index (κ3) is 3.53. The van der Waals surface area contributed by atoms with Crippen LogP contribution in [0, 0.1) is 0 Å². The molecule has 2 aromatic rings. The molecule has 1 aromatic carbocycles. The lowest BCUT2D eigenvalue weighted by Gasteiger charge is -2.03. The Balaban J connectivity index is 2.30. The van der Waals surface area contributed by atoms with Gasteiger partial charge in [-0.25, -0.2) is 14.8 Å². The molecule has 0 spiro atoms. The molecule has 0 saturated heterocycles. The molecular formula is C13H8Cl2N2O2. The van der Waals surface area contributed by atoms with E-state index >= 15 is 0 Å². The topological polar surface area (TPSA) is 63.1 Å². The van der Waals surface area contributed by atoms with E-state index in [9.17, 15) is 4.79 Å². The van der Waals surface area contributed by atoms with Crippen LogP contribution in [-0.2, 0) is 4.79 Å². The Morgan fingerprint density at radius 3 is 2.47 bits per heavy atom. The Morgan fingerprint density at radius 2 is 1.89 bits per heavy atom. The zero-order valence-electron chi connectivity index (χ0n) is 9.55. The Morgan fingerprint density at radius 1 is 1.21 bits per heavy atom. The third-order valence-electron chi connectivity index (χ3n) is 2.26. The van der Waals surface area contributed by atoms with Crippen molar-refractivity contribution < 1.29 is 9.90 Å². The molecule has 0 radical (unpaired) electrons. The van der Waals surface area contributed by atoms with Crippen LogP contribution in [0.5, 0.6) is 0 Å². The molecule has 96 valence electrons. The minimum atomic E-state index is -1.02. The summed E-state index contributed by atoms with van der Waals surface area (Å²) < 4.78 is 0. The molecule has 1 N–H and O–H groups in total. The standard InChI is InChI=1S/C13H8Cl2N2O2/c14-9-2-3-10(11(15)5-9)13-16-6-8(7-17-13)1-4-12(18)19/h1-7H,(H,18,19)/b4-1+. The van der Waals surface area contributed by atoms with Gasteiger partial charge in [0.15, 0.2) is 5.82 Å². The molecule has 0 bridgehead atoms. The molecule has 2 rings (SSSR count). The summed E-state index contributed by atoms with van der Waals surface area (Å²) in [6, 6.07) is 5.04. The second kappa shape index (κ2) is 5.82. The Bertz CT molecular complexity index is 640. The molecule has 1 aromatic heterocycles. The summed E-state index contributed by atoms with van der Waals surface area (Å²) in [7, 11) is 0. The minimum Gasteiger partial charge on any atom is -0.478 e. The van der Waals surface area contributed by atoms with Crippen molar-refractivity contribution in [3.63, 3.8) is 0 Å². The zero-order valence-corrected chi connectivity index (χ0v) is 11.1. The summed E-state index contributed by atoms with van der Waals surface area (Å²) >= 11 is 11.9. The van der Waals surface area contributed by atoms with Crippen molar-refractivity contribution in [2.24, 2.45) is 0 Å². The SMILES string of the molecule is O=C(O)/C=C/c1cnc(-c2ccc(Cl)cc2Cl)nc1. The predicted molar refractivity (Wildman–Crippen MR) is 74.2 cm³/mol. The van der Waals surface area contributed by atoms with Crippen molar-refractivity contribution in [2.75, 3.05) is 0 Å². The maximum atomic E-state index is 10.4. The lowest BCUT2D eigenvalue weighted by atomic mass is 10.2. The molecule has 0 amide bonds. The van der Waals surface area contributed by atoms with E-state index in [-0.39, 0.29) is 0 Å². The normalized spacial score (nSPS) is 10.8. The van der Waals surface area contributed by atoms with Crippen molar-refractivity contribution >= 4 is 35.2 Å². The summed E-state index contributed by atoms with van der Waals surface area (Å²) in [5, 5.41) is 9.51. The number of carboxylic acids is 1. The van der Waals surface area contributed by atoms with Gasteiger partial charge in [-0.2, -0.15) is 0 Å². The average molecular weight is 295 g/mol. The zero-order chi connectivity index (χ0) is 13.8. The van der Waals surface area contributed by atoms with Crippen LogP contribution in [-0.4, -0.2) is 21.0 Å². The number of aliphatic carboxylic acids is 1. The van der Waals surface area contributed by atoms with Crippen molar-refractivity contribution in [3.8, 4) is 11.4 Å². The van der Waals surface area contributed by atoms with Gasteiger partial charge in [-0.3, -0.25) is 0 Å². The van der Waals surface area contributed by atoms with Gasteiger partial charge in [0.25, 0.3) is 0 Å². The molecule has 0 unspecified atom stereocenters. The van der Waals surface area contributed by atoms with Gasteiger partial charge in [-0.15, -0.1) is 0 Å². The molecule has 4 nitrogen and oxygen atoms in total. The quantitative estimate of drug-likeness (QED) is 0.880. The molecule has 0 aliphatic heterocycles. The van der Waals surface area contributed by atoms with E-state index < -0.39 is 5.97 Å². The van der Waals surface area contributed by atoms with E-state index in [0.29, 0.717) is 27.0 Å². The van der Waals surface area contributed by atoms with Crippen LogP contribution < -0.4 is 0 Å². The molecule has 0 aliphatic rings. The van der Waals surface area contributed by atoms with Crippen LogP contribution in [0.3, 0.4) is 0 Å². The largest absolute Gasteiger partial charge is 0.478 e. The summed E-state index contributed by atoms with van der Waals surface area (Å²) in [5.74, 6) is -0.570. The number of hydrogen-bond acceptors (Lipinski definition) is 3. The fourth-order valence-corrected chi connectivity index (χ4v) is 1.89. The summed E-state index contributed by atoms with van der Waals surface area (Å²) in [6.45, 7) is 0. The number of nitrogens with zero attached hydrogens (tertiary/aromatic N) is 2. The van der Waals surface area contributed by atoms with Crippen LogP contribution in [0.2, 0.25) is 10.0 Å². The maximum Gasteiger partial charge on any atom is 0.328 e. The smallest absolute Gasteiger partial charge is 0.328 e. The van der Waals surface area contributed by atoms with E-state index in [2.05, 4.69) is 9.97 Å². The van der Waals surface area contributed by atoms with Crippen molar-refractivity contribution in [1.29, 1.82) is 0 Å². The van der Waals surface area contributed by atoms with Gasteiger partial charge in [0.1, 0.15) is 0 Å². The first-order valence-corrected chi connectivity index (χ1v) is 6.00. The minimum absolute atomic E-state index is 0.453. The molecule has 6 heteroatoms.